The zero-order chi connectivity index (χ0) is 11.3. The van der Waals surface area contributed by atoms with Gasteiger partial charge in [0, 0.05) is 12.1 Å². The van der Waals surface area contributed by atoms with Gasteiger partial charge in [-0.2, -0.15) is 0 Å². The van der Waals surface area contributed by atoms with Crippen LogP contribution in [-0.4, -0.2) is 23.8 Å². The number of rotatable bonds is 5. The minimum atomic E-state index is 0.204. The first-order chi connectivity index (χ1) is 7.03. The van der Waals surface area contributed by atoms with E-state index in [-0.39, 0.29) is 5.54 Å². The number of hydrogen-bond acceptors (Lipinski definition) is 2. The first kappa shape index (κ1) is 13.0. The van der Waals surface area contributed by atoms with Crippen LogP contribution in [0.25, 0.3) is 0 Å². The van der Waals surface area contributed by atoms with E-state index in [9.17, 15) is 5.11 Å². The lowest BCUT2D eigenvalue weighted by molar-refractivity contribution is 0.164. The van der Waals surface area contributed by atoms with Crippen LogP contribution in [0.15, 0.2) is 0 Å². The molecule has 0 aromatic carbocycles. The Kier molecular flexibility index (Phi) is 5.07. The summed E-state index contributed by atoms with van der Waals surface area (Å²) in [6.45, 7) is 7.98. The maximum atomic E-state index is 9.39. The van der Waals surface area contributed by atoms with Gasteiger partial charge < -0.3 is 10.4 Å². The molecule has 0 heterocycles. The monoisotopic (exact) mass is 213 g/mol. The average molecular weight is 213 g/mol. The fourth-order valence-electron chi connectivity index (χ4n) is 2.54. The molecule has 0 aliphatic heterocycles. The molecule has 0 aromatic heterocycles. The molecule has 90 valence electrons. The second kappa shape index (κ2) is 5.86. The molecule has 15 heavy (non-hydrogen) atoms. The van der Waals surface area contributed by atoms with E-state index < -0.39 is 0 Å². The van der Waals surface area contributed by atoms with Crippen molar-refractivity contribution in [1.82, 2.24) is 5.32 Å². The van der Waals surface area contributed by atoms with Gasteiger partial charge in [-0.15, -0.1) is 0 Å². The zero-order valence-corrected chi connectivity index (χ0v) is 10.6. The molecule has 0 saturated heterocycles. The second-order valence-electron chi connectivity index (χ2n) is 5.95. The smallest absolute Gasteiger partial charge is 0.0462 e. The summed E-state index contributed by atoms with van der Waals surface area (Å²) in [7, 11) is 0. The Morgan fingerprint density at radius 1 is 1.27 bits per heavy atom. The van der Waals surface area contributed by atoms with Gasteiger partial charge in [-0.25, -0.2) is 0 Å². The number of hydrogen-bond donors (Lipinski definition) is 2. The molecule has 0 spiro atoms. The topological polar surface area (TPSA) is 32.3 Å². The Labute approximate surface area is 94.5 Å². The van der Waals surface area contributed by atoms with E-state index in [1.165, 1.54) is 25.7 Å². The third kappa shape index (κ3) is 4.98. The Morgan fingerprint density at radius 3 is 2.33 bits per heavy atom. The fraction of sp³-hybridized carbons (Fsp3) is 1.00. The van der Waals surface area contributed by atoms with Gasteiger partial charge in [0.15, 0.2) is 0 Å². The molecule has 2 heteroatoms. The molecule has 2 N–H and O–H groups in total. The maximum absolute atomic E-state index is 9.39. The molecule has 0 bridgehead atoms. The van der Waals surface area contributed by atoms with Crippen molar-refractivity contribution in [2.75, 3.05) is 13.2 Å². The van der Waals surface area contributed by atoms with Crippen LogP contribution in [0.3, 0.4) is 0 Å². The molecule has 0 aromatic rings. The Bertz CT molecular complexity index is 168. The summed E-state index contributed by atoms with van der Waals surface area (Å²) in [6, 6.07) is 0. The zero-order valence-electron chi connectivity index (χ0n) is 10.6. The first-order valence-corrected chi connectivity index (χ1v) is 6.39. The highest BCUT2D eigenvalue weighted by molar-refractivity contribution is 4.77. The van der Waals surface area contributed by atoms with Crippen LogP contribution in [0.1, 0.15) is 52.9 Å². The highest BCUT2D eigenvalue weighted by atomic mass is 16.3. The summed E-state index contributed by atoms with van der Waals surface area (Å²) in [5, 5.41) is 12.9. The molecule has 2 nitrogen and oxygen atoms in total. The molecule has 1 aliphatic carbocycles. The van der Waals surface area contributed by atoms with Crippen molar-refractivity contribution < 1.29 is 5.11 Å². The van der Waals surface area contributed by atoms with Gasteiger partial charge in [0.2, 0.25) is 0 Å². The van der Waals surface area contributed by atoms with E-state index in [0.717, 1.165) is 18.9 Å². The molecule has 1 saturated carbocycles. The van der Waals surface area contributed by atoms with Gasteiger partial charge in [0.05, 0.1) is 0 Å². The Hall–Kier alpha value is -0.0800. The summed E-state index contributed by atoms with van der Waals surface area (Å²) < 4.78 is 0. The molecule has 1 aliphatic rings. The van der Waals surface area contributed by atoms with Gasteiger partial charge in [0.25, 0.3) is 0 Å². The summed E-state index contributed by atoms with van der Waals surface area (Å²) in [6.07, 6.45) is 6.53. The lowest BCUT2D eigenvalue weighted by atomic mass is 9.88. The third-order valence-corrected chi connectivity index (χ3v) is 3.47. The van der Waals surface area contributed by atoms with Crippen molar-refractivity contribution >= 4 is 0 Å². The van der Waals surface area contributed by atoms with Gasteiger partial charge in [-0.1, -0.05) is 25.7 Å². The third-order valence-electron chi connectivity index (χ3n) is 3.47. The molecular weight excluding hydrogens is 186 g/mol. The number of nitrogens with one attached hydrogen (secondary N) is 1. The lowest BCUT2D eigenvalue weighted by Gasteiger charge is -2.25. The minimum absolute atomic E-state index is 0.204. The van der Waals surface area contributed by atoms with Crippen LogP contribution >= 0.6 is 0 Å². The van der Waals surface area contributed by atoms with Crippen molar-refractivity contribution in [2.45, 2.75) is 58.4 Å². The summed E-state index contributed by atoms with van der Waals surface area (Å²) in [5.74, 6) is 1.32. The van der Waals surface area contributed by atoms with E-state index in [1.54, 1.807) is 0 Å². The van der Waals surface area contributed by atoms with E-state index in [0.29, 0.717) is 12.5 Å². The predicted molar refractivity (Wildman–Crippen MR) is 64.9 cm³/mol. The van der Waals surface area contributed by atoms with Crippen LogP contribution in [-0.2, 0) is 0 Å². The van der Waals surface area contributed by atoms with Crippen LogP contribution in [0.4, 0.5) is 0 Å². The van der Waals surface area contributed by atoms with E-state index >= 15 is 0 Å². The van der Waals surface area contributed by atoms with Gasteiger partial charge in [-0.3, -0.25) is 0 Å². The molecule has 1 fully saturated rings. The van der Waals surface area contributed by atoms with Crippen molar-refractivity contribution in [3.8, 4) is 0 Å². The molecule has 1 atom stereocenters. The molecule has 1 unspecified atom stereocenters. The molecule has 1 rings (SSSR count). The van der Waals surface area contributed by atoms with Crippen molar-refractivity contribution in [3.05, 3.63) is 0 Å². The van der Waals surface area contributed by atoms with Crippen molar-refractivity contribution in [1.29, 1.82) is 0 Å². The molecule has 0 radical (unpaired) electrons. The second-order valence-corrected chi connectivity index (χ2v) is 5.95. The average Bonchev–Trinajstić information content (AvgIpc) is 2.63. The van der Waals surface area contributed by atoms with Crippen molar-refractivity contribution in [3.63, 3.8) is 0 Å². The quantitative estimate of drug-likeness (QED) is 0.735. The lowest BCUT2D eigenvalue weighted by Crippen LogP contribution is -2.37. The summed E-state index contributed by atoms with van der Waals surface area (Å²) >= 11 is 0. The van der Waals surface area contributed by atoms with Gasteiger partial charge in [0.1, 0.15) is 0 Å². The Balaban J connectivity index is 2.21. The maximum Gasteiger partial charge on any atom is 0.0462 e. The highest BCUT2D eigenvalue weighted by Gasteiger charge is 2.24. The number of aliphatic hydroxyl groups excluding tert-OH is 1. The summed E-state index contributed by atoms with van der Waals surface area (Å²) in [4.78, 5) is 0. The summed E-state index contributed by atoms with van der Waals surface area (Å²) in [5.41, 5.74) is 0.204. The largest absolute Gasteiger partial charge is 0.396 e. The van der Waals surface area contributed by atoms with Crippen LogP contribution in [0.2, 0.25) is 0 Å². The Morgan fingerprint density at radius 2 is 1.87 bits per heavy atom. The van der Waals surface area contributed by atoms with E-state index in [2.05, 4.69) is 26.1 Å². The van der Waals surface area contributed by atoms with Crippen molar-refractivity contribution in [2.24, 2.45) is 11.8 Å². The normalized spacial score (nSPS) is 20.8. The van der Waals surface area contributed by atoms with E-state index in [1.807, 2.05) is 0 Å². The number of aliphatic hydroxyl groups is 1. The van der Waals surface area contributed by atoms with Gasteiger partial charge >= 0.3 is 0 Å². The first-order valence-electron chi connectivity index (χ1n) is 6.39. The van der Waals surface area contributed by atoms with Crippen LogP contribution < -0.4 is 5.32 Å². The molecular formula is C13H27NO. The predicted octanol–water partition coefficient (Wildman–Crippen LogP) is 2.56. The fourth-order valence-corrected chi connectivity index (χ4v) is 2.54. The minimum Gasteiger partial charge on any atom is -0.396 e. The highest BCUT2D eigenvalue weighted by Crippen LogP contribution is 2.32. The van der Waals surface area contributed by atoms with Crippen LogP contribution in [0, 0.1) is 11.8 Å². The van der Waals surface area contributed by atoms with E-state index in [4.69, 9.17) is 0 Å². The van der Waals surface area contributed by atoms with Crippen LogP contribution in [0.5, 0.6) is 0 Å². The molecule has 0 amide bonds. The van der Waals surface area contributed by atoms with Gasteiger partial charge in [-0.05, 0) is 45.6 Å². The SMILES string of the molecule is CC(C)(C)NCCC(CO)C1CCCC1. The standard InChI is InChI=1S/C13H27NO/c1-13(2,3)14-9-8-12(10-15)11-6-4-5-7-11/h11-12,14-15H,4-10H2,1-3H3.